The Morgan fingerprint density at radius 2 is 1.90 bits per heavy atom. The van der Waals surface area contributed by atoms with E-state index in [2.05, 4.69) is 45.4 Å². The summed E-state index contributed by atoms with van der Waals surface area (Å²) in [6, 6.07) is 4.30. The van der Waals surface area contributed by atoms with Gasteiger partial charge in [-0.15, -0.1) is 24.0 Å². The summed E-state index contributed by atoms with van der Waals surface area (Å²) in [5, 5.41) is 6.95. The maximum atomic E-state index is 5.76. The average molecular weight is 547 g/mol. The van der Waals surface area contributed by atoms with Gasteiger partial charge in [0.2, 0.25) is 0 Å². The minimum atomic E-state index is 0. The van der Waals surface area contributed by atoms with Crippen LogP contribution in [0.3, 0.4) is 0 Å². The molecule has 178 valence electrons. The van der Waals surface area contributed by atoms with Crippen molar-refractivity contribution in [2.24, 2.45) is 4.99 Å². The minimum Gasteiger partial charge on any atom is -0.468 e. The van der Waals surface area contributed by atoms with Crippen LogP contribution in [-0.2, 0) is 0 Å². The number of piperidine rings is 1. The number of likely N-dealkylation sites (N-methyl/N-ethyl adjacent to an activating group) is 1. The molecule has 1 atom stereocenters. The van der Waals surface area contributed by atoms with Crippen LogP contribution in [0.25, 0.3) is 0 Å². The smallest absolute Gasteiger partial charge is 0.191 e. The Bertz CT molecular complexity index is 605. The molecular weight excluding hydrogens is 503 g/mol. The molecule has 0 aromatic carbocycles. The minimum absolute atomic E-state index is 0. The first kappa shape index (κ1) is 26.4. The van der Waals surface area contributed by atoms with Crippen LogP contribution >= 0.6 is 24.0 Å². The van der Waals surface area contributed by atoms with Gasteiger partial charge in [-0.3, -0.25) is 9.89 Å². The molecule has 2 N–H and O–H groups in total. The number of halogens is 1. The lowest BCUT2D eigenvalue weighted by Crippen LogP contribution is -2.40. The molecule has 0 saturated carbocycles. The fraction of sp³-hybridized carbons (Fsp3) is 0.783. The maximum absolute atomic E-state index is 5.76. The Morgan fingerprint density at radius 1 is 1.06 bits per heavy atom. The van der Waals surface area contributed by atoms with E-state index < -0.39 is 0 Å². The van der Waals surface area contributed by atoms with Crippen molar-refractivity contribution in [3.05, 3.63) is 24.2 Å². The van der Waals surface area contributed by atoms with E-state index in [0.717, 1.165) is 57.4 Å². The van der Waals surface area contributed by atoms with E-state index in [1.165, 1.54) is 51.9 Å². The summed E-state index contributed by atoms with van der Waals surface area (Å²) in [6.45, 7) is 12.9. The number of guanidine groups is 1. The molecule has 0 radical (unpaired) electrons. The van der Waals surface area contributed by atoms with Crippen LogP contribution in [0, 0.1) is 0 Å². The van der Waals surface area contributed by atoms with Crippen LogP contribution in [0.5, 0.6) is 0 Å². The lowest BCUT2D eigenvalue weighted by Gasteiger charge is -2.32. The molecule has 1 unspecified atom stereocenters. The van der Waals surface area contributed by atoms with E-state index in [0.29, 0.717) is 0 Å². The fourth-order valence-electron chi connectivity index (χ4n) is 4.45. The second-order valence-corrected chi connectivity index (χ2v) is 8.63. The Labute approximate surface area is 206 Å². The molecule has 0 bridgehead atoms. The second kappa shape index (κ2) is 15.1. The van der Waals surface area contributed by atoms with Gasteiger partial charge in [-0.2, -0.15) is 0 Å². The molecule has 1 aromatic rings. The fourth-order valence-corrected chi connectivity index (χ4v) is 4.45. The van der Waals surface area contributed by atoms with Crippen LogP contribution in [0.2, 0.25) is 0 Å². The second-order valence-electron chi connectivity index (χ2n) is 8.63. The Kier molecular flexibility index (Phi) is 12.8. The maximum Gasteiger partial charge on any atom is 0.191 e. The standard InChI is InChI=1S/C23H42N6O.HI/c1-3-24-23(25-11-8-13-28-14-9-12-27(2)17-18-28)26-20-21(22-10-7-19-30-22)29-15-5-4-6-16-29;/h7,10,19,21H,3-6,8-9,11-18,20H2,1-2H3,(H2,24,25,26);1H. The number of aliphatic imine (C=N–C) groups is 1. The lowest BCUT2D eigenvalue weighted by molar-refractivity contribution is 0.150. The number of rotatable bonds is 9. The quantitative estimate of drug-likeness (QED) is 0.215. The summed E-state index contributed by atoms with van der Waals surface area (Å²) in [7, 11) is 2.23. The molecule has 8 heteroatoms. The van der Waals surface area contributed by atoms with E-state index in [1.807, 2.05) is 6.07 Å². The van der Waals surface area contributed by atoms with Gasteiger partial charge in [0, 0.05) is 26.2 Å². The van der Waals surface area contributed by atoms with Gasteiger partial charge in [0.1, 0.15) is 5.76 Å². The van der Waals surface area contributed by atoms with Gasteiger partial charge in [0.15, 0.2) is 5.96 Å². The van der Waals surface area contributed by atoms with Crippen LogP contribution in [-0.4, -0.2) is 93.2 Å². The Morgan fingerprint density at radius 3 is 2.65 bits per heavy atom. The number of nitrogens with one attached hydrogen (secondary N) is 2. The number of likely N-dealkylation sites (tertiary alicyclic amines) is 1. The van der Waals surface area contributed by atoms with Gasteiger partial charge >= 0.3 is 0 Å². The highest BCUT2D eigenvalue weighted by Gasteiger charge is 2.24. The zero-order chi connectivity index (χ0) is 21.0. The SMILES string of the molecule is CCNC(=NCC(c1ccco1)N1CCCCC1)NCCCN1CCCN(C)CC1.I. The summed E-state index contributed by atoms with van der Waals surface area (Å²) in [5.41, 5.74) is 0. The molecule has 2 fully saturated rings. The van der Waals surface area contributed by atoms with Crippen molar-refractivity contribution in [1.29, 1.82) is 0 Å². The number of hydrogen-bond acceptors (Lipinski definition) is 5. The summed E-state index contributed by atoms with van der Waals surface area (Å²) >= 11 is 0. The van der Waals surface area contributed by atoms with Crippen LogP contribution in [0.15, 0.2) is 27.8 Å². The zero-order valence-corrected chi connectivity index (χ0v) is 21.9. The molecule has 2 saturated heterocycles. The van der Waals surface area contributed by atoms with Gasteiger partial charge in [-0.25, -0.2) is 0 Å². The monoisotopic (exact) mass is 546 g/mol. The highest BCUT2D eigenvalue weighted by molar-refractivity contribution is 14.0. The third-order valence-corrected chi connectivity index (χ3v) is 6.23. The highest BCUT2D eigenvalue weighted by atomic mass is 127. The topological polar surface area (TPSA) is 59.3 Å². The van der Waals surface area contributed by atoms with E-state index in [-0.39, 0.29) is 30.0 Å². The number of hydrogen-bond donors (Lipinski definition) is 2. The average Bonchev–Trinajstić information content (AvgIpc) is 3.21. The Hall–Kier alpha value is -0.840. The summed E-state index contributed by atoms with van der Waals surface area (Å²) in [4.78, 5) is 12.5. The summed E-state index contributed by atoms with van der Waals surface area (Å²) < 4.78 is 5.76. The first-order valence-corrected chi connectivity index (χ1v) is 12.0. The lowest BCUT2D eigenvalue weighted by atomic mass is 10.1. The normalized spacial score (nSPS) is 20.6. The number of furan rings is 1. The van der Waals surface area contributed by atoms with Crippen LogP contribution in [0.4, 0.5) is 0 Å². The molecule has 2 aliphatic heterocycles. The third-order valence-electron chi connectivity index (χ3n) is 6.23. The molecule has 1 aromatic heterocycles. The molecule has 2 aliphatic rings. The largest absolute Gasteiger partial charge is 0.468 e. The predicted octanol–water partition coefficient (Wildman–Crippen LogP) is 3.01. The third kappa shape index (κ3) is 9.27. The van der Waals surface area contributed by atoms with E-state index in [1.54, 1.807) is 6.26 Å². The first-order chi connectivity index (χ1) is 14.8. The van der Waals surface area contributed by atoms with Crippen LogP contribution < -0.4 is 10.6 Å². The van der Waals surface area contributed by atoms with Crippen molar-refractivity contribution in [3.63, 3.8) is 0 Å². The van der Waals surface area contributed by atoms with Crippen LogP contribution in [0.1, 0.15) is 50.8 Å². The molecule has 0 spiro atoms. The molecule has 0 amide bonds. The van der Waals surface area contributed by atoms with Crippen molar-refractivity contribution >= 4 is 29.9 Å². The zero-order valence-electron chi connectivity index (χ0n) is 19.5. The first-order valence-electron chi connectivity index (χ1n) is 12.0. The summed E-state index contributed by atoms with van der Waals surface area (Å²) in [5.74, 6) is 1.95. The Balaban J connectivity index is 0.00000341. The van der Waals surface area contributed by atoms with Crippen molar-refractivity contribution in [2.75, 3.05) is 72.5 Å². The van der Waals surface area contributed by atoms with Crippen molar-refractivity contribution in [3.8, 4) is 0 Å². The predicted molar refractivity (Wildman–Crippen MR) is 139 cm³/mol. The van der Waals surface area contributed by atoms with E-state index in [9.17, 15) is 0 Å². The van der Waals surface area contributed by atoms with Gasteiger partial charge < -0.3 is 24.9 Å². The molecular formula is C23H43IN6O. The van der Waals surface area contributed by atoms with Gasteiger partial charge in [0.05, 0.1) is 18.8 Å². The van der Waals surface area contributed by atoms with Crippen molar-refractivity contribution in [1.82, 2.24) is 25.3 Å². The van der Waals surface area contributed by atoms with Crippen molar-refractivity contribution in [2.45, 2.75) is 45.1 Å². The molecule has 0 aliphatic carbocycles. The summed E-state index contributed by atoms with van der Waals surface area (Å²) in [6.07, 6.45) is 8.07. The van der Waals surface area contributed by atoms with Gasteiger partial charge in [-0.05, 0) is 84.5 Å². The molecule has 7 nitrogen and oxygen atoms in total. The highest BCUT2D eigenvalue weighted by Crippen LogP contribution is 2.25. The van der Waals surface area contributed by atoms with Gasteiger partial charge in [0.25, 0.3) is 0 Å². The van der Waals surface area contributed by atoms with E-state index in [4.69, 9.17) is 9.41 Å². The number of nitrogens with zero attached hydrogens (tertiary/aromatic N) is 4. The van der Waals surface area contributed by atoms with Crippen molar-refractivity contribution < 1.29 is 4.42 Å². The molecule has 3 rings (SSSR count). The molecule has 3 heterocycles. The molecule has 31 heavy (non-hydrogen) atoms. The van der Waals surface area contributed by atoms with E-state index >= 15 is 0 Å². The van der Waals surface area contributed by atoms with Gasteiger partial charge in [-0.1, -0.05) is 6.42 Å².